The number of amides is 1. The van der Waals surface area contributed by atoms with Crippen molar-refractivity contribution < 1.29 is 9.18 Å². The number of hydrogen-bond acceptors (Lipinski definition) is 1. The van der Waals surface area contributed by atoms with Crippen LogP contribution in [0.1, 0.15) is 23.7 Å². The van der Waals surface area contributed by atoms with Crippen LogP contribution in [0.25, 0.3) is 0 Å². The predicted octanol–water partition coefficient (Wildman–Crippen LogP) is 3.74. The number of rotatable bonds is 5. The van der Waals surface area contributed by atoms with E-state index in [9.17, 15) is 9.18 Å². The van der Waals surface area contributed by atoms with E-state index in [-0.39, 0.29) is 11.5 Å². The number of halogens is 3. The highest BCUT2D eigenvalue weighted by atomic mass is 79.9. The van der Waals surface area contributed by atoms with Crippen molar-refractivity contribution in [3.05, 3.63) is 34.1 Å². The monoisotopic (exact) mass is 365 g/mol. The first-order valence-corrected chi connectivity index (χ1v) is 7.25. The molecule has 0 heterocycles. The van der Waals surface area contributed by atoms with Gasteiger partial charge < -0.3 is 5.32 Å². The second-order valence-corrected chi connectivity index (χ2v) is 5.63. The summed E-state index contributed by atoms with van der Waals surface area (Å²) in [7, 11) is 0. The summed E-state index contributed by atoms with van der Waals surface area (Å²) in [6.07, 6.45) is 0.973. The lowest BCUT2D eigenvalue weighted by Crippen LogP contribution is -2.29. The van der Waals surface area contributed by atoms with Gasteiger partial charge in [0, 0.05) is 16.3 Å². The molecule has 0 aliphatic carbocycles. The summed E-state index contributed by atoms with van der Waals surface area (Å²) in [6, 6.07) is 4.33. The van der Waals surface area contributed by atoms with Crippen molar-refractivity contribution in [1.29, 1.82) is 0 Å². The van der Waals surface area contributed by atoms with Gasteiger partial charge in [-0.1, -0.05) is 38.8 Å². The molecule has 0 aliphatic heterocycles. The molecule has 17 heavy (non-hydrogen) atoms. The molecule has 0 fully saturated rings. The highest BCUT2D eigenvalue weighted by molar-refractivity contribution is 9.10. The lowest BCUT2D eigenvalue weighted by atomic mass is 10.1. The third kappa shape index (κ3) is 4.76. The van der Waals surface area contributed by atoms with Crippen LogP contribution in [-0.2, 0) is 0 Å². The summed E-state index contributed by atoms with van der Waals surface area (Å²) in [5, 5.41) is 3.63. The zero-order chi connectivity index (χ0) is 12.8. The highest BCUT2D eigenvalue weighted by Gasteiger charge is 2.12. The normalized spacial score (nSPS) is 12.2. The van der Waals surface area contributed by atoms with Crippen LogP contribution in [0.2, 0.25) is 0 Å². The molecular weight excluding hydrogens is 353 g/mol. The molecule has 5 heteroatoms. The van der Waals surface area contributed by atoms with Crippen molar-refractivity contribution in [1.82, 2.24) is 5.32 Å². The van der Waals surface area contributed by atoms with Gasteiger partial charge in [0.25, 0.3) is 5.91 Å². The van der Waals surface area contributed by atoms with Crippen molar-refractivity contribution in [2.45, 2.75) is 13.3 Å². The van der Waals surface area contributed by atoms with Crippen molar-refractivity contribution in [2.24, 2.45) is 5.92 Å². The Labute approximate surface area is 117 Å². The van der Waals surface area contributed by atoms with Crippen molar-refractivity contribution in [3.8, 4) is 0 Å². The second-order valence-electron chi connectivity index (χ2n) is 3.92. The molecule has 94 valence electrons. The van der Waals surface area contributed by atoms with Gasteiger partial charge in [0.2, 0.25) is 0 Å². The first kappa shape index (κ1) is 14.6. The number of nitrogens with one attached hydrogen (secondary N) is 1. The van der Waals surface area contributed by atoms with E-state index in [1.54, 1.807) is 6.07 Å². The third-order valence-corrected chi connectivity index (χ3v) is 3.34. The Balaban J connectivity index is 2.61. The maximum Gasteiger partial charge on any atom is 0.254 e. The quantitative estimate of drug-likeness (QED) is 0.790. The van der Waals surface area contributed by atoms with Gasteiger partial charge in [0.05, 0.1) is 5.56 Å². The van der Waals surface area contributed by atoms with E-state index in [0.29, 0.717) is 16.9 Å². The summed E-state index contributed by atoms with van der Waals surface area (Å²) in [5.74, 6) is -0.502. The van der Waals surface area contributed by atoms with Crippen LogP contribution in [0.3, 0.4) is 0 Å². The van der Waals surface area contributed by atoms with E-state index in [0.717, 1.165) is 11.8 Å². The smallest absolute Gasteiger partial charge is 0.254 e. The van der Waals surface area contributed by atoms with Crippen LogP contribution in [0.4, 0.5) is 4.39 Å². The molecule has 1 aromatic rings. The maximum absolute atomic E-state index is 13.4. The zero-order valence-corrected chi connectivity index (χ0v) is 12.6. The first-order valence-electron chi connectivity index (χ1n) is 5.33. The number of carbonyl (C=O) groups is 1. The number of benzene rings is 1. The minimum absolute atomic E-state index is 0.0745. The van der Waals surface area contributed by atoms with Gasteiger partial charge in [-0.15, -0.1) is 0 Å². The SMILES string of the molecule is CC(CCBr)CNC(=O)c1cc(Br)ccc1F. The lowest BCUT2D eigenvalue weighted by molar-refractivity contribution is 0.0944. The topological polar surface area (TPSA) is 29.1 Å². The molecule has 0 spiro atoms. The fraction of sp³-hybridized carbons (Fsp3) is 0.417. The number of alkyl halides is 1. The molecular formula is C12H14Br2FNO. The zero-order valence-electron chi connectivity index (χ0n) is 9.47. The molecule has 1 N–H and O–H groups in total. The van der Waals surface area contributed by atoms with Crippen LogP contribution in [-0.4, -0.2) is 17.8 Å². The minimum atomic E-state index is -0.501. The summed E-state index contributed by atoms with van der Waals surface area (Å²) in [6.45, 7) is 2.59. The Hall–Kier alpha value is -0.420. The van der Waals surface area contributed by atoms with Crippen molar-refractivity contribution >= 4 is 37.8 Å². The maximum atomic E-state index is 13.4. The largest absolute Gasteiger partial charge is 0.352 e. The predicted molar refractivity (Wildman–Crippen MR) is 74.0 cm³/mol. The van der Waals surface area contributed by atoms with Gasteiger partial charge in [-0.2, -0.15) is 0 Å². The Morgan fingerprint density at radius 3 is 2.88 bits per heavy atom. The molecule has 1 amide bonds. The summed E-state index contributed by atoms with van der Waals surface area (Å²) < 4.78 is 14.1. The van der Waals surface area contributed by atoms with Gasteiger partial charge >= 0.3 is 0 Å². The van der Waals surface area contributed by atoms with E-state index >= 15 is 0 Å². The van der Waals surface area contributed by atoms with E-state index < -0.39 is 5.82 Å². The van der Waals surface area contributed by atoms with Crippen LogP contribution in [0, 0.1) is 11.7 Å². The van der Waals surface area contributed by atoms with Crippen LogP contribution in [0.5, 0.6) is 0 Å². The second kappa shape index (κ2) is 7.11. The molecule has 0 aromatic heterocycles. The van der Waals surface area contributed by atoms with Crippen molar-refractivity contribution in [2.75, 3.05) is 11.9 Å². The van der Waals surface area contributed by atoms with E-state index in [2.05, 4.69) is 37.2 Å². The molecule has 0 saturated heterocycles. The van der Waals surface area contributed by atoms with E-state index in [1.165, 1.54) is 12.1 Å². The standard InChI is InChI=1S/C12H14Br2FNO/c1-8(4-5-13)7-16-12(17)10-6-9(14)2-3-11(10)15/h2-3,6,8H,4-5,7H2,1H3,(H,16,17). The van der Waals surface area contributed by atoms with Gasteiger partial charge in [0.15, 0.2) is 0 Å². The molecule has 0 radical (unpaired) electrons. The Morgan fingerprint density at radius 2 is 2.24 bits per heavy atom. The lowest BCUT2D eigenvalue weighted by Gasteiger charge is -2.11. The van der Waals surface area contributed by atoms with Crippen LogP contribution >= 0.6 is 31.9 Å². The fourth-order valence-electron chi connectivity index (χ4n) is 1.32. The molecule has 0 aliphatic rings. The Morgan fingerprint density at radius 1 is 1.53 bits per heavy atom. The molecule has 1 atom stereocenters. The summed E-state index contributed by atoms with van der Waals surface area (Å²) in [4.78, 5) is 11.7. The van der Waals surface area contributed by atoms with Crippen molar-refractivity contribution in [3.63, 3.8) is 0 Å². The van der Waals surface area contributed by atoms with E-state index in [1.807, 2.05) is 6.92 Å². The average Bonchev–Trinajstić information content (AvgIpc) is 2.29. The van der Waals surface area contributed by atoms with Gasteiger partial charge in [-0.25, -0.2) is 4.39 Å². The van der Waals surface area contributed by atoms with Crippen LogP contribution < -0.4 is 5.32 Å². The number of carbonyl (C=O) groups excluding carboxylic acids is 1. The molecule has 0 saturated carbocycles. The molecule has 0 bridgehead atoms. The molecule has 1 aromatic carbocycles. The summed E-state index contributed by atoms with van der Waals surface area (Å²) >= 11 is 6.56. The Bertz CT molecular complexity index is 398. The van der Waals surface area contributed by atoms with Crippen LogP contribution in [0.15, 0.2) is 22.7 Å². The first-order chi connectivity index (χ1) is 8.04. The van der Waals surface area contributed by atoms with Gasteiger partial charge in [-0.05, 0) is 30.5 Å². The summed E-state index contributed by atoms with van der Waals surface area (Å²) in [5.41, 5.74) is 0.0745. The Kier molecular flexibility index (Phi) is 6.12. The third-order valence-electron chi connectivity index (χ3n) is 2.39. The van der Waals surface area contributed by atoms with Gasteiger partial charge in [0.1, 0.15) is 5.82 Å². The number of hydrogen-bond donors (Lipinski definition) is 1. The molecule has 1 rings (SSSR count). The highest BCUT2D eigenvalue weighted by Crippen LogP contribution is 2.15. The van der Waals surface area contributed by atoms with Gasteiger partial charge in [-0.3, -0.25) is 4.79 Å². The fourth-order valence-corrected chi connectivity index (χ4v) is 2.46. The average molecular weight is 367 g/mol. The van der Waals surface area contributed by atoms with E-state index in [4.69, 9.17) is 0 Å². The molecule has 1 unspecified atom stereocenters. The molecule has 2 nitrogen and oxygen atoms in total. The minimum Gasteiger partial charge on any atom is -0.352 e.